The van der Waals surface area contributed by atoms with Gasteiger partial charge in [-0.05, 0) is 11.8 Å². The van der Waals surface area contributed by atoms with Crippen molar-refractivity contribution >= 4 is 26.8 Å². The highest BCUT2D eigenvalue weighted by Gasteiger charge is 2.48. The van der Waals surface area contributed by atoms with Crippen LogP contribution in [-0.2, 0) is 9.84 Å². The van der Waals surface area contributed by atoms with Gasteiger partial charge in [-0.3, -0.25) is 5.73 Å². The monoisotopic (exact) mass is 233 g/mol. The van der Waals surface area contributed by atoms with Crippen LogP contribution in [0.25, 0.3) is 0 Å². The molecular formula is C8H13N2O2S2+. The normalized spacial score (nSPS) is 34.6. The van der Waals surface area contributed by atoms with Crippen molar-refractivity contribution in [2.45, 2.75) is 11.3 Å². The molecule has 0 aromatic heterocycles. The first kappa shape index (κ1) is 10.0. The quantitative estimate of drug-likeness (QED) is 0.511. The number of sulfone groups is 1. The van der Waals surface area contributed by atoms with E-state index in [9.17, 15) is 8.42 Å². The maximum atomic E-state index is 11.4. The van der Waals surface area contributed by atoms with E-state index in [1.165, 1.54) is 11.8 Å². The van der Waals surface area contributed by atoms with E-state index in [2.05, 4.69) is 6.58 Å². The fraction of sp³-hybridized carbons (Fsp3) is 0.625. The minimum absolute atomic E-state index is 0.0583. The van der Waals surface area contributed by atoms with E-state index in [0.717, 1.165) is 5.17 Å². The molecule has 1 saturated heterocycles. The van der Waals surface area contributed by atoms with E-state index in [4.69, 9.17) is 5.73 Å². The summed E-state index contributed by atoms with van der Waals surface area (Å²) in [7, 11) is -2.85. The molecule has 0 aromatic carbocycles. The number of nitrogens with two attached hydrogens (primary N) is 1. The van der Waals surface area contributed by atoms with Crippen molar-refractivity contribution in [3.8, 4) is 0 Å². The largest absolute Gasteiger partial charge is 0.305 e. The summed E-state index contributed by atoms with van der Waals surface area (Å²) in [6.45, 7) is 4.27. The second kappa shape index (κ2) is 3.27. The minimum atomic E-state index is -2.85. The smallest absolute Gasteiger partial charge is 0.281 e. The van der Waals surface area contributed by atoms with Gasteiger partial charge in [0.05, 0.1) is 16.8 Å². The predicted molar refractivity (Wildman–Crippen MR) is 58.3 cm³/mol. The maximum absolute atomic E-state index is 11.4. The number of thioether (sulfide) groups is 1. The summed E-state index contributed by atoms with van der Waals surface area (Å²) in [5, 5.41) is 0.856. The van der Waals surface area contributed by atoms with Crippen LogP contribution in [0, 0.1) is 0 Å². The van der Waals surface area contributed by atoms with Gasteiger partial charge in [0, 0.05) is 0 Å². The first-order chi connectivity index (χ1) is 6.53. The number of nitrogens with zero attached hydrogens (tertiary/aromatic N) is 1. The molecule has 1 fully saturated rings. The molecule has 2 aliphatic rings. The summed E-state index contributed by atoms with van der Waals surface area (Å²) in [6, 6.07) is 0.0583. The first-order valence-corrected chi connectivity index (χ1v) is 7.10. The SMILES string of the molecule is C=CC[N+]1=C(N)S[C@@H]2CS(=O)(=O)C[C@@H]21. The molecule has 0 radical (unpaired) electrons. The van der Waals surface area contributed by atoms with E-state index >= 15 is 0 Å². The number of hydrogen-bond acceptors (Lipinski definition) is 4. The van der Waals surface area contributed by atoms with Crippen molar-refractivity contribution in [1.82, 2.24) is 0 Å². The third-order valence-corrected chi connectivity index (χ3v) is 5.74. The third kappa shape index (κ3) is 1.56. The van der Waals surface area contributed by atoms with Crippen molar-refractivity contribution < 1.29 is 13.0 Å². The predicted octanol–water partition coefficient (Wildman–Crippen LogP) is -0.588. The van der Waals surface area contributed by atoms with Crippen LogP contribution in [0.5, 0.6) is 0 Å². The molecule has 4 nitrogen and oxygen atoms in total. The fourth-order valence-corrected chi connectivity index (χ4v) is 5.81. The van der Waals surface area contributed by atoms with Gasteiger partial charge in [0.25, 0.3) is 0 Å². The molecule has 0 aromatic rings. The second-order valence-electron chi connectivity index (χ2n) is 3.58. The van der Waals surface area contributed by atoms with E-state index in [-0.39, 0.29) is 22.8 Å². The topological polar surface area (TPSA) is 63.2 Å². The van der Waals surface area contributed by atoms with Crippen LogP contribution in [0.4, 0.5) is 0 Å². The molecular weight excluding hydrogens is 220 g/mol. The number of rotatable bonds is 2. The Morgan fingerprint density at radius 2 is 2.36 bits per heavy atom. The Morgan fingerprint density at radius 1 is 1.64 bits per heavy atom. The summed E-state index contributed by atoms with van der Waals surface area (Å²) in [5.41, 5.74) is 5.81. The molecule has 0 bridgehead atoms. The maximum Gasteiger partial charge on any atom is 0.305 e. The van der Waals surface area contributed by atoms with Crippen molar-refractivity contribution in [1.29, 1.82) is 0 Å². The van der Waals surface area contributed by atoms with Crippen LogP contribution in [0.1, 0.15) is 0 Å². The summed E-state index contributed by atoms with van der Waals surface area (Å²) < 4.78 is 24.7. The number of amidine groups is 1. The highest BCUT2D eigenvalue weighted by Crippen LogP contribution is 2.32. The highest BCUT2D eigenvalue weighted by molar-refractivity contribution is 8.15. The molecule has 0 amide bonds. The van der Waals surface area contributed by atoms with Gasteiger partial charge < -0.3 is 0 Å². The van der Waals surface area contributed by atoms with Gasteiger partial charge in [0.15, 0.2) is 9.84 Å². The molecule has 2 heterocycles. The van der Waals surface area contributed by atoms with Crippen LogP contribution >= 0.6 is 11.8 Å². The molecule has 2 aliphatic heterocycles. The lowest BCUT2D eigenvalue weighted by atomic mass is 10.2. The number of fused-ring (bicyclic) bond motifs is 1. The lowest BCUT2D eigenvalue weighted by molar-refractivity contribution is -0.544. The van der Waals surface area contributed by atoms with Crippen LogP contribution < -0.4 is 5.73 Å². The molecule has 2 rings (SSSR count). The average Bonchev–Trinajstić information content (AvgIpc) is 2.47. The Labute approximate surface area is 87.8 Å². The zero-order valence-corrected chi connectivity index (χ0v) is 9.35. The molecule has 2 atom stereocenters. The summed E-state index contributed by atoms with van der Waals surface area (Å²) >= 11 is 1.48. The van der Waals surface area contributed by atoms with Crippen LogP contribution in [0.15, 0.2) is 12.7 Å². The van der Waals surface area contributed by atoms with Gasteiger partial charge in [0.2, 0.25) is 0 Å². The van der Waals surface area contributed by atoms with Gasteiger partial charge in [-0.15, -0.1) is 0 Å². The second-order valence-corrected chi connectivity index (χ2v) is 6.99. The zero-order valence-electron chi connectivity index (χ0n) is 7.72. The van der Waals surface area contributed by atoms with E-state index in [0.29, 0.717) is 6.54 Å². The summed E-state index contributed by atoms with van der Waals surface area (Å²) in [4.78, 5) is 0. The average molecular weight is 233 g/mol. The van der Waals surface area contributed by atoms with Crippen molar-refractivity contribution in [3.05, 3.63) is 12.7 Å². The Kier molecular flexibility index (Phi) is 2.35. The number of hydrogen-bond donors (Lipinski definition) is 1. The third-order valence-electron chi connectivity index (χ3n) is 2.55. The Morgan fingerprint density at radius 3 is 3.00 bits per heavy atom. The molecule has 0 spiro atoms. The first-order valence-electron chi connectivity index (χ1n) is 4.40. The Bertz CT molecular complexity index is 400. The molecule has 0 aliphatic carbocycles. The molecule has 14 heavy (non-hydrogen) atoms. The van der Waals surface area contributed by atoms with Gasteiger partial charge in [-0.2, -0.15) is 0 Å². The zero-order chi connectivity index (χ0) is 10.3. The standard InChI is InChI=1S/C8H12N2O2S2/c1-2-3-10-6-4-14(11,12)5-7(6)13-8(10)9/h2,6-7,9H,1,3-5H2/p+1/t6-,7+/m0/s1. The van der Waals surface area contributed by atoms with Crippen LogP contribution in [-0.4, -0.2) is 47.5 Å². The molecule has 0 saturated carbocycles. The lowest BCUT2D eigenvalue weighted by Gasteiger charge is -2.07. The Hall–Kier alpha value is -0.490. The summed E-state index contributed by atoms with van der Waals surface area (Å²) in [5.74, 6) is 0.496. The molecule has 6 heteroatoms. The van der Waals surface area contributed by atoms with E-state index in [1.807, 2.05) is 4.58 Å². The van der Waals surface area contributed by atoms with Crippen molar-refractivity contribution in [2.75, 3.05) is 18.1 Å². The molecule has 2 N–H and O–H groups in total. The van der Waals surface area contributed by atoms with E-state index < -0.39 is 9.84 Å². The lowest BCUT2D eigenvalue weighted by Crippen LogP contribution is -2.32. The van der Waals surface area contributed by atoms with E-state index in [1.54, 1.807) is 6.08 Å². The van der Waals surface area contributed by atoms with Gasteiger partial charge in [0.1, 0.15) is 12.6 Å². The molecule has 78 valence electrons. The van der Waals surface area contributed by atoms with Crippen molar-refractivity contribution in [2.24, 2.45) is 5.73 Å². The molecule has 0 unspecified atom stereocenters. The fourth-order valence-electron chi connectivity index (χ4n) is 1.95. The Balaban J connectivity index is 2.27. The van der Waals surface area contributed by atoms with Gasteiger partial charge >= 0.3 is 5.17 Å². The van der Waals surface area contributed by atoms with Crippen molar-refractivity contribution in [3.63, 3.8) is 0 Å². The van der Waals surface area contributed by atoms with Gasteiger partial charge in [-0.1, -0.05) is 12.7 Å². The summed E-state index contributed by atoms with van der Waals surface area (Å²) in [6.07, 6.45) is 1.75. The van der Waals surface area contributed by atoms with Crippen LogP contribution in [0.3, 0.4) is 0 Å². The van der Waals surface area contributed by atoms with Gasteiger partial charge in [-0.25, -0.2) is 13.0 Å². The minimum Gasteiger partial charge on any atom is -0.281 e. The highest BCUT2D eigenvalue weighted by atomic mass is 32.2. The van der Waals surface area contributed by atoms with Crippen LogP contribution in [0.2, 0.25) is 0 Å².